The molecule has 5 rings (SSSR count). The molecule has 0 aliphatic heterocycles. The molecule has 0 spiro atoms. The molecule has 0 radical (unpaired) electrons. The van der Waals surface area contributed by atoms with Crippen molar-refractivity contribution >= 4 is 21.6 Å². The predicted octanol–water partition coefficient (Wildman–Crippen LogP) is 4.02. The van der Waals surface area contributed by atoms with E-state index in [1.165, 1.54) is 29.8 Å². The summed E-state index contributed by atoms with van der Waals surface area (Å²) < 4.78 is 26.7. The zero-order chi connectivity index (χ0) is 18.4. The van der Waals surface area contributed by atoms with Crippen molar-refractivity contribution in [2.45, 2.75) is 24.6 Å². The van der Waals surface area contributed by atoms with Crippen molar-refractivity contribution in [2.24, 2.45) is 0 Å². The van der Waals surface area contributed by atoms with E-state index in [4.69, 9.17) is 9.26 Å². The molecule has 0 saturated heterocycles. The minimum absolute atomic E-state index is 0. The highest BCUT2D eigenvalue weighted by atomic mass is 32.1. The molecule has 0 bridgehead atoms. The fourth-order valence-corrected chi connectivity index (χ4v) is 4.11. The van der Waals surface area contributed by atoms with Crippen LogP contribution in [0, 0.1) is 0 Å². The number of hydrogen-bond donors (Lipinski definition) is 2. The Balaban J connectivity index is 0.00000192. The predicted molar refractivity (Wildman–Crippen MR) is 100 cm³/mol. The van der Waals surface area contributed by atoms with Crippen LogP contribution in [0.2, 0.25) is 0 Å². The van der Waals surface area contributed by atoms with E-state index in [1.807, 2.05) is 24.3 Å². The Labute approximate surface area is 162 Å². The number of hydrogen-bond acceptors (Lipinski definition) is 9. The first-order chi connectivity index (χ1) is 13.1. The van der Waals surface area contributed by atoms with Crippen LogP contribution in [-0.2, 0) is 5.67 Å². The van der Waals surface area contributed by atoms with Crippen LogP contribution in [0.1, 0.15) is 17.8 Å². The lowest BCUT2D eigenvalue weighted by Crippen LogP contribution is -2.44. The largest absolute Gasteiger partial charge is 0.491 e. The van der Waals surface area contributed by atoms with E-state index in [1.54, 1.807) is 0 Å². The number of para-hydroxylation sites is 1. The van der Waals surface area contributed by atoms with Crippen LogP contribution in [0.4, 0.5) is 4.39 Å². The number of alkyl halides is 1. The van der Waals surface area contributed by atoms with Gasteiger partial charge in [0.2, 0.25) is 5.88 Å². The number of halogens is 1. The van der Waals surface area contributed by atoms with Gasteiger partial charge in [-0.15, -0.1) is 11.3 Å². The van der Waals surface area contributed by atoms with Gasteiger partial charge in [0.05, 0.1) is 28.7 Å². The Morgan fingerprint density at radius 3 is 2.71 bits per heavy atom. The van der Waals surface area contributed by atoms with E-state index in [0.29, 0.717) is 22.3 Å². The Morgan fingerprint density at radius 1 is 1.21 bits per heavy atom. The fraction of sp³-hybridized carbons (Fsp3) is 0.222. The molecule has 1 saturated carbocycles. The number of thiazole rings is 1. The second kappa shape index (κ2) is 6.80. The molecule has 144 valence electrons. The third-order valence-electron chi connectivity index (χ3n) is 4.45. The molecule has 0 atom stereocenters. The van der Waals surface area contributed by atoms with E-state index in [2.05, 4.69) is 20.1 Å². The number of rotatable bonds is 4. The van der Waals surface area contributed by atoms with Gasteiger partial charge in [0.1, 0.15) is 16.8 Å². The Bertz CT molecular complexity index is 1070. The highest BCUT2D eigenvalue weighted by Crippen LogP contribution is 2.48. The molecule has 1 aliphatic rings. The maximum absolute atomic E-state index is 15.1. The Morgan fingerprint density at radius 2 is 2.04 bits per heavy atom. The first kappa shape index (κ1) is 18.3. The number of benzene rings is 1. The van der Waals surface area contributed by atoms with Gasteiger partial charge in [0.15, 0.2) is 11.4 Å². The van der Waals surface area contributed by atoms with Crippen molar-refractivity contribution in [1.82, 2.24) is 26.3 Å². The monoisotopic (exact) mass is 401 g/mol. The maximum Gasteiger partial charge on any atom is 0.252 e. The van der Waals surface area contributed by atoms with Crippen LogP contribution in [0.15, 0.2) is 47.2 Å². The Kier molecular flexibility index (Phi) is 4.44. The van der Waals surface area contributed by atoms with Gasteiger partial charge < -0.3 is 20.5 Å². The van der Waals surface area contributed by atoms with Crippen LogP contribution in [0.5, 0.6) is 11.8 Å². The molecule has 1 aliphatic carbocycles. The third-order valence-corrected chi connectivity index (χ3v) is 5.66. The third kappa shape index (κ3) is 3.16. The van der Waals surface area contributed by atoms with Crippen LogP contribution in [0.25, 0.3) is 21.7 Å². The highest BCUT2D eigenvalue weighted by molar-refractivity contribution is 7.18. The van der Waals surface area contributed by atoms with E-state index >= 15 is 4.39 Å². The van der Waals surface area contributed by atoms with E-state index in [9.17, 15) is 5.11 Å². The van der Waals surface area contributed by atoms with Gasteiger partial charge in [-0.25, -0.2) is 19.3 Å². The van der Waals surface area contributed by atoms with Crippen LogP contribution >= 0.6 is 11.3 Å². The summed E-state index contributed by atoms with van der Waals surface area (Å²) in [4.78, 5) is 12.7. The van der Waals surface area contributed by atoms with Crippen molar-refractivity contribution < 1.29 is 18.8 Å². The molecular weight excluding hydrogens is 385 g/mol. The molecule has 3 aromatic heterocycles. The average Bonchev–Trinajstić information content (AvgIpc) is 3.27. The maximum atomic E-state index is 15.1. The molecule has 3 heterocycles. The molecule has 1 fully saturated rings. The van der Waals surface area contributed by atoms with Gasteiger partial charge >= 0.3 is 0 Å². The zero-order valence-electron chi connectivity index (χ0n) is 14.6. The first-order valence-corrected chi connectivity index (χ1v) is 9.10. The Hall–Kier alpha value is -3.11. The summed E-state index contributed by atoms with van der Waals surface area (Å²) in [6.45, 7) is 0. The lowest BCUT2D eigenvalue weighted by Gasteiger charge is -2.39. The van der Waals surface area contributed by atoms with E-state index in [0.717, 1.165) is 10.2 Å². The van der Waals surface area contributed by atoms with Gasteiger partial charge in [0.25, 0.3) is 5.88 Å². The van der Waals surface area contributed by atoms with Gasteiger partial charge in [-0.2, -0.15) is 0 Å². The summed E-state index contributed by atoms with van der Waals surface area (Å²) in [6.07, 6.45) is 3.06. The highest BCUT2D eigenvalue weighted by Gasteiger charge is 2.50. The molecule has 0 amide bonds. The molecule has 0 unspecified atom stereocenters. The van der Waals surface area contributed by atoms with Crippen LogP contribution in [0.3, 0.4) is 0 Å². The topological polar surface area (TPSA) is 129 Å². The molecule has 10 heteroatoms. The summed E-state index contributed by atoms with van der Waals surface area (Å²) in [6, 6.07) is 8.98. The minimum atomic E-state index is -1.46. The number of fused-ring (bicyclic) bond motifs is 1. The van der Waals surface area contributed by atoms with Crippen LogP contribution < -0.4 is 10.9 Å². The fourth-order valence-electron chi connectivity index (χ4n) is 3.05. The van der Waals surface area contributed by atoms with E-state index < -0.39 is 5.67 Å². The van der Waals surface area contributed by atoms with Gasteiger partial charge in [0, 0.05) is 12.8 Å². The number of aromatic nitrogens is 4. The van der Waals surface area contributed by atoms with Crippen molar-refractivity contribution in [2.75, 3.05) is 0 Å². The summed E-state index contributed by atoms with van der Waals surface area (Å²) in [5.74, 6) is 0.378. The van der Waals surface area contributed by atoms with E-state index in [-0.39, 0.29) is 31.0 Å². The average molecular weight is 401 g/mol. The number of nitrogens with zero attached hydrogens (tertiary/aromatic N) is 4. The first-order valence-electron chi connectivity index (χ1n) is 8.29. The summed E-state index contributed by atoms with van der Waals surface area (Å²) in [7, 11) is 0. The lowest BCUT2D eigenvalue weighted by atomic mass is 9.79. The number of aromatic hydroxyl groups is 1. The standard InChI is InChI=1S/C18H13FN4O3S.H3N/c19-18(17-22-11-3-1-2-4-14(11)27-17)6-10(7-18)25-16-9-20-12(8-21-16)13-5-15(24)23-26-13;/h1-5,8-10H,6-7H2,(H,23,24);1H3/t10-,18-;. The smallest absolute Gasteiger partial charge is 0.252 e. The van der Waals surface area contributed by atoms with Crippen molar-refractivity contribution in [3.63, 3.8) is 0 Å². The number of ether oxygens (including phenoxy) is 1. The summed E-state index contributed by atoms with van der Waals surface area (Å²) >= 11 is 1.38. The van der Waals surface area contributed by atoms with Crippen LogP contribution in [-0.4, -0.2) is 31.3 Å². The molecule has 4 aromatic rings. The van der Waals surface area contributed by atoms with Gasteiger partial charge in [-0.3, -0.25) is 0 Å². The summed E-state index contributed by atoms with van der Waals surface area (Å²) in [5, 5.41) is 13.1. The van der Waals surface area contributed by atoms with Crippen molar-refractivity contribution in [3.05, 3.63) is 47.7 Å². The molecule has 28 heavy (non-hydrogen) atoms. The normalized spacial score (nSPS) is 21.1. The second-order valence-electron chi connectivity index (χ2n) is 6.39. The van der Waals surface area contributed by atoms with Crippen molar-refractivity contribution in [3.8, 4) is 23.2 Å². The van der Waals surface area contributed by atoms with Gasteiger partial charge in [-0.05, 0) is 17.3 Å². The quantitative estimate of drug-likeness (QED) is 0.524. The zero-order valence-corrected chi connectivity index (χ0v) is 15.4. The minimum Gasteiger partial charge on any atom is -0.491 e. The lowest BCUT2D eigenvalue weighted by molar-refractivity contribution is -0.0487. The SMILES string of the molecule is N.Oc1cc(-c2cnc(O[C@H]3C[C@@](F)(c4nc5ccccc5s4)C3)cn2)on1. The molecule has 4 N–H and O–H groups in total. The molecule has 8 nitrogen and oxygen atoms in total. The molecular formula is C18H16FN5O3S. The second-order valence-corrected chi connectivity index (χ2v) is 7.42. The molecule has 1 aromatic carbocycles. The van der Waals surface area contributed by atoms with Gasteiger partial charge in [-0.1, -0.05) is 12.1 Å². The van der Waals surface area contributed by atoms with Crippen molar-refractivity contribution in [1.29, 1.82) is 0 Å². The summed E-state index contributed by atoms with van der Waals surface area (Å²) in [5.41, 5.74) is -0.226.